The summed E-state index contributed by atoms with van der Waals surface area (Å²) in [5.41, 5.74) is 1.70. The summed E-state index contributed by atoms with van der Waals surface area (Å²) in [6.45, 7) is 1.88. The van der Waals surface area contributed by atoms with Crippen molar-refractivity contribution in [2.75, 3.05) is 19.1 Å². The van der Waals surface area contributed by atoms with Crippen molar-refractivity contribution >= 4 is 29.0 Å². The molecular weight excluding hydrogens is 366 g/mol. The molecule has 138 valence electrons. The van der Waals surface area contributed by atoms with Crippen LogP contribution in [0.25, 0.3) is 10.6 Å². The van der Waals surface area contributed by atoms with Crippen molar-refractivity contribution in [1.82, 2.24) is 10.2 Å². The number of allylic oxidation sites excluding steroid dienone is 2. The van der Waals surface area contributed by atoms with Gasteiger partial charge in [-0.2, -0.15) is 0 Å². The van der Waals surface area contributed by atoms with Crippen LogP contribution < -0.4 is 4.90 Å². The van der Waals surface area contributed by atoms with Gasteiger partial charge in [0.25, 0.3) is 0 Å². The summed E-state index contributed by atoms with van der Waals surface area (Å²) in [6.07, 6.45) is 6.59. The Balaban J connectivity index is 2.13. The molecule has 0 spiro atoms. The van der Waals surface area contributed by atoms with Gasteiger partial charge in [0.15, 0.2) is 0 Å². The highest BCUT2D eigenvalue weighted by atomic mass is 32.1. The fourth-order valence-corrected chi connectivity index (χ4v) is 3.26. The van der Waals surface area contributed by atoms with Gasteiger partial charge in [-0.25, -0.2) is 9.59 Å². The molecule has 0 saturated heterocycles. The van der Waals surface area contributed by atoms with Gasteiger partial charge in [-0.15, -0.1) is 10.2 Å². The van der Waals surface area contributed by atoms with E-state index >= 15 is 0 Å². The average Bonchev–Trinajstić information content (AvgIpc) is 3.01. The molecule has 0 bridgehead atoms. The summed E-state index contributed by atoms with van der Waals surface area (Å²) in [5, 5.41) is 9.82. The second kappa shape index (κ2) is 7.96. The summed E-state index contributed by atoms with van der Waals surface area (Å²) in [5.74, 6) is -1.28. The van der Waals surface area contributed by atoms with E-state index in [-0.39, 0.29) is 11.3 Å². The summed E-state index contributed by atoms with van der Waals surface area (Å²) in [4.78, 5) is 26.3. The molecular formula is C19H17N3O4S. The molecule has 7 nitrogen and oxygen atoms in total. The van der Waals surface area contributed by atoms with Crippen molar-refractivity contribution in [2.45, 2.75) is 6.92 Å². The second-order valence-corrected chi connectivity index (χ2v) is 6.67. The van der Waals surface area contributed by atoms with Gasteiger partial charge in [-0.1, -0.05) is 29.5 Å². The molecule has 2 heterocycles. The summed E-state index contributed by atoms with van der Waals surface area (Å²) >= 11 is 1.47. The van der Waals surface area contributed by atoms with Crippen LogP contribution in [-0.4, -0.2) is 36.4 Å². The molecule has 0 radical (unpaired) electrons. The topological polar surface area (TPSA) is 81.6 Å². The van der Waals surface area contributed by atoms with Gasteiger partial charge in [0.2, 0.25) is 0 Å². The fraction of sp³-hybridized carbons (Fsp3) is 0.158. The number of aromatic nitrogens is 2. The number of esters is 2. The van der Waals surface area contributed by atoms with Crippen LogP contribution in [-0.2, 0) is 19.1 Å². The van der Waals surface area contributed by atoms with Gasteiger partial charge in [0, 0.05) is 17.5 Å². The lowest BCUT2D eigenvalue weighted by molar-refractivity contribution is -0.139. The van der Waals surface area contributed by atoms with Crippen molar-refractivity contribution in [1.29, 1.82) is 0 Å². The molecule has 2 aromatic rings. The number of aryl methyl sites for hydroxylation is 1. The third-order valence-corrected chi connectivity index (χ3v) is 4.67. The molecule has 1 aromatic heterocycles. The SMILES string of the molecule is COC(=O)C1=C(C(=O)OC)N(c2cccc(-c3nnc(C)s3)c2)C=CC=C1. The normalized spacial score (nSPS) is 13.5. The Morgan fingerprint density at radius 1 is 1.07 bits per heavy atom. The number of benzene rings is 1. The summed E-state index contributed by atoms with van der Waals surface area (Å²) in [7, 11) is 2.53. The Kier molecular flexibility index (Phi) is 5.46. The van der Waals surface area contributed by atoms with E-state index in [1.54, 1.807) is 23.3 Å². The zero-order chi connectivity index (χ0) is 19.4. The van der Waals surface area contributed by atoms with E-state index < -0.39 is 11.9 Å². The van der Waals surface area contributed by atoms with E-state index in [9.17, 15) is 9.59 Å². The van der Waals surface area contributed by atoms with Crippen molar-refractivity contribution in [3.8, 4) is 10.6 Å². The molecule has 0 aliphatic carbocycles. The Labute approximate surface area is 160 Å². The molecule has 0 unspecified atom stereocenters. The minimum Gasteiger partial charge on any atom is -0.465 e. The number of ether oxygens (including phenoxy) is 2. The molecule has 0 atom stereocenters. The highest BCUT2D eigenvalue weighted by Gasteiger charge is 2.27. The van der Waals surface area contributed by atoms with Gasteiger partial charge in [-0.3, -0.25) is 0 Å². The van der Waals surface area contributed by atoms with E-state index in [0.29, 0.717) is 5.69 Å². The number of nitrogens with zero attached hydrogens (tertiary/aromatic N) is 3. The van der Waals surface area contributed by atoms with Crippen molar-refractivity contribution in [3.05, 3.63) is 65.0 Å². The van der Waals surface area contributed by atoms with Gasteiger partial charge in [0.05, 0.1) is 19.8 Å². The van der Waals surface area contributed by atoms with Crippen LogP contribution >= 0.6 is 11.3 Å². The highest BCUT2D eigenvalue weighted by molar-refractivity contribution is 7.14. The van der Waals surface area contributed by atoms with E-state index in [1.807, 2.05) is 31.2 Å². The van der Waals surface area contributed by atoms with E-state index in [1.165, 1.54) is 31.6 Å². The zero-order valence-electron chi connectivity index (χ0n) is 15.0. The van der Waals surface area contributed by atoms with E-state index in [0.717, 1.165) is 15.6 Å². The first kappa shape index (κ1) is 18.5. The Bertz CT molecular complexity index is 975. The number of methoxy groups -OCH3 is 2. The van der Waals surface area contributed by atoms with Crippen LogP contribution in [0.1, 0.15) is 5.01 Å². The Morgan fingerprint density at radius 2 is 1.85 bits per heavy atom. The number of hydrogen-bond donors (Lipinski definition) is 0. The molecule has 8 heteroatoms. The quantitative estimate of drug-likeness (QED) is 0.751. The maximum Gasteiger partial charge on any atom is 0.355 e. The molecule has 0 saturated carbocycles. The third-order valence-electron chi connectivity index (χ3n) is 3.79. The molecule has 3 rings (SSSR count). The van der Waals surface area contributed by atoms with Crippen molar-refractivity contribution < 1.29 is 19.1 Å². The third kappa shape index (κ3) is 3.80. The second-order valence-electron chi connectivity index (χ2n) is 5.49. The van der Waals surface area contributed by atoms with Crippen molar-refractivity contribution in [3.63, 3.8) is 0 Å². The van der Waals surface area contributed by atoms with E-state index in [2.05, 4.69) is 10.2 Å². The van der Waals surface area contributed by atoms with Crippen LogP contribution in [0, 0.1) is 6.92 Å². The predicted molar refractivity (Wildman–Crippen MR) is 102 cm³/mol. The lowest BCUT2D eigenvalue weighted by atomic mass is 10.1. The number of carbonyl (C=O) groups is 2. The number of anilines is 1. The van der Waals surface area contributed by atoms with Crippen LogP contribution in [0.4, 0.5) is 5.69 Å². The maximum absolute atomic E-state index is 12.5. The lowest BCUT2D eigenvalue weighted by Crippen LogP contribution is -2.26. The van der Waals surface area contributed by atoms with Gasteiger partial charge >= 0.3 is 11.9 Å². The molecule has 0 fully saturated rings. The van der Waals surface area contributed by atoms with Gasteiger partial charge < -0.3 is 14.4 Å². The lowest BCUT2D eigenvalue weighted by Gasteiger charge is -2.23. The molecule has 1 aliphatic heterocycles. The minimum absolute atomic E-state index is 0.0694. The standard InChI is InChI=1S/C19H17N3O4S/c1-12-20-21-17(27-12)13-7-6-8-14(11-13)22-10-5-4-9-15(18(23)25-2)16(22)19(24)26-3/h4-11H,1-3H3. The first-order valence-corrected chi connectivity index (χ1v) is 8.82. The average molecular weight is 383 g/mol. The number of carbonyl (C=O) groups excluding carboxylic acids is 2. The Hall–Kier alpha value is -3.26. The number of rotatable bonds is 4. The predicted octanol–water partition coefficient (Wildman–Crippen LogP) is 3.00. The van der Waals surface area contributed by atoms with Crippen LogP contribution in [0.3, 0.4) is 0 Å². The molecule has 0 amide bonds. The minimum atomic E-state index is -0.649. The zero-order valence-corrected chi connectivity index (χ0v) is 15.8. The Morgan fingerprint density at radius 3 is 2.52 bits per heavy atom. The van der Waals surface area contributed by atoms with Gasteiger partial charge in [0.1, 0.15) is 15.7 Å². The monoisotopic (exact) mass is 383 g/mol. The largest absolute Gasteiger partial charge is 0.465 e. The molecule has 1 aromatic carbocycles. The van der Waals surface area contributed by atoms with Crippen LogP contribution in [0.5, 0.6) is 0 Å². The molecule has 1 aliphatic rings. The molecule has 0 N–H and O–H groups in total. The number of hydrogen-bond acceptors (Lipinski definition) is 8. The highest BCUT2D eigenvalue weighted by Crippen LogP contribution is 2.31. The smallest absolute Gasteiger partial charge is 0.355 e. The fourth-order valence-electron chi connectivity index (χ4n) is 2.57. The first-order chi connectivity index (χ1) is 13.0. The first-order valence-electron chi connectivity index (χ1n) is 8.00. The molecule has 27 heavy (non-hydrogen) atoms. The maximum atomic E-state index is 12.5. The summed E-state index contributed by atoms with van der Waals surface area (Å²) in [6, 6.07) is 7.45. The van der Waals surface area contributed by atoms with Crippen LogP contribution in [0.2, 0.25) is 0 Å². The van der Waals surface area contributed by atoms with E-state index in [4.69, 9.17) is 9.47 Å². The van der Waals surface area contributed by atoms with Gasteiger partial charge in [-0.05, 0) is 31.2 Å². The van der Waals surface area contributed by atoms with Crippen LogP contribution in [0.15, 0.2) is 60.0 Å². The summed E-state index contributed by atoms with van der Waals surface area (Å²) < 4.78 is 9.73. The van der Waals surface area contributed by atoms with Crippen molar-refractivity contribution in [2.24, 2.45) is 0 Å².